The third kappa shape index (κ3) is 3.50. The van der Waals surface area contributed by atoms with Gasteiger partial charge in [-0.25, -0.2) is 4.79 Å². The second-order valence-electron chi connectivity index (χ2n) is 7.48. The maximum Gasteiger partial charge on any atom is 0.323 e. The minimum absolute atomic E-state index is 0.0117. The number of rotatable bonds is 3. The lowest BCUT2D eigenvalue weighted by Gasteiger charge is -2.29. The molecule has 4 amide bonds. The number of nitrogens with one attached hydrogen (secondary N) is 2. The van der Waals surface area contributed by atoms with Gasteiger partial charge in [-0.3, -0.25) is 14.5 Å². The highest BCUT2D eigenvalue weighted by Crippen LogP contribution is 2.32. The highest BCUT2D eigenvalue weighted by Gasteiger charge is 2.40. The number of urea groups is 1. The first-order chi connectivity index (χ1) is 13.5. The lowest BCUT2D eigenvalue weighted by atomic mass is 9.94. The van der Waals surface area contributed by atoms with Crippen molar-refractivity contribution in [1.82, 2.24) is 4.90 Å². The van der Waals surface area contributed by atoms with Gasteiger partial charge in [0.25, 0.3) is 11.8 Å². The van der Waals surface area contributed by atoms with Gasteiger partial charge in [-0.1, -0.05) is 37.0 Å². The summed E-state index contributed by atoms with van der Waals surface area (Å²) in [6, 6.07) is 11.9. The van der Waals surface area contributed by atoms with E-state index in [1.165, 1.54) is 4.90 Å². The van der Waals surface area contributed by atoms with E-state index >= 15 is 0 Å². The van der Waals surface area contributed by atoms with Crippen molar-refractivity contribution in [1.29, 1.82) is 0 Å². The number of carbonyl (C=O) groups excluding carboxylic acids is 3. The average Bonchev–Trinajstić information content (AvgIpc) is 2.94. The summed E-state index contributed by atoms with van der Waals surface area (Å²) in [5.41, 5.74) is 3.05. The van der Waals surface area contributed by atoms with Crippen molar-refractivity contribution in [2.75, 3.05) is 10.6 Å². The fraction of sp³-hybridized carbons (Fsp3) is 0.318. The van der Waals surface area contributed by atoms with Crippen LogP contribution >= 0.6 is 0 Å². The molecule has 2 aliphatic rings. The van der Waals surface area contributed by atoms with E-state index in [1.54, 1.807) is 18.2 Å². The van der Waals surface area contributed by atoms with Crippen LogP contribution in [0.2, 0.25) is 0 Å². The van der Waals surface area contributed by atoms with Gasteiger partial charge in [0.2, 0.25) is 0 Å². The Bertz CT molecular complexity index is 931. The molecule has 0 unspecified atom stereocenters. The first-order valence-corrected chi connectivity index (χ1v) is 9.69. The van der Waals surface area contributed by atoms with Crippen LogP contribution in [0.3, 0.4) is 0 Å². The monoisotopic (exact) mass is 377 g/mol. The Morgan fingerprint density at radius 1 is 0.857 bits per heavy atom. The molecule has 1 aliphatic heterocycles. The van der Waals surface area contributed by atoms with E-state index in [0.29, 0.717) is 22.5 Å². The van der Waals surface area contributed by atoms with Gasteiger partial charge >= 0.3 is 6.03 Å². The van der Waals surface area contributed by atoms with Crippen LogP contribution < -0.4 is 10.6 Å². The number of aryl methyl sites for hydroxylation is 1. The lowest BCUT2D eigenvalue weighted by Crippen LogP contribution is -2.40. The molecular weight excluding hydrogens is 354 g/mol. The van der Waals surface area contributed by atoms with Gasteiger partial charge in [0, 0.05) is 17.4 Å². The highest BCUT2D eigenvalue weighted by molar-refractivity contribution is 6.22. The average molecular weight is 377 g/mol. The van der Waals surface area contributed by atoms with Crippen molar-refractivity contribution in [2.24, 2.45) is 0 Å². The van der Waals surface area contributed by atoms with Crippen LogP contribution in [-0.2, 0) is 0 Å². The molecule has 0 aromatic heterocycles. The number of fused-ring (bicyclic) bond motifs is 1. The van der Waals surface area contributed by atoms with Gasteiger partial charge < -0.3 is 10.6 Å². The molecule has 1 heterocycles. The third-order valence-corrected chi connectivity index (χ3v) is 5.43. The smallest absolute Gasteiger partial charge is 0.308 e. The van der Waals surface area contributed by atoms with E-state index in [4.69, 9.17) is 0 Å². The molecule has 0 saturated heterocycles. The van der Waals surface area contributed by atoms with Crippen molar-refractivity contribution in [3.05, 3.63) is 59.2 Å². The van der Waals surface area contributed by atoms with Gasteiger partial charge in [0.05, 0.1) is 11.1 Å². The number of amides is 4. The van der Waals surface area contributed by atoms with Gasteiger partial charge in [-0.15, -0.1) is 0 Å². The Hall–Kier alpha value is -3.15. The van der Waals surface area contributed by atoms with Crippen molar-refractivity contribution < 1.29 is 14.4 Å². The summed E-state index contributed by atoms with van der Waals surface area (Å²) >= 11 is 0. The second-order valence-corrected chi connectivity index (χ2v) is 7.48. The van der Waals surface area contributed by atoms with Gasteiger partial charge in [0.15, 0.2) is 0 Å². The quantitative estimate of drug-likeness (QED) is 0.769. The highest BCUT2D eigenvalue weighted by atomic mass is 16.2. The molecule has 1 saturated carbocycles. The Balaban J connectivity index is 1.48. The predicted molar refractivity (Wildman–Crippen MR) is 108 cm³/mol. The molecule has 2 N–H and O–H groups in total. The fourth-order valence-electron chi connectivity index (χ4n) is 3.94. The fourth-order valence-corrected chi connectivity index (χ4v) is 3.94. The summed E-state index contributed by atoms with van der Waals surface area (Å²) in [7, 11) is 0. The molecule has 28 heavy (non-hydrogen) atoms. The molecule has 2 aromatic rings. The number of hydrogen-bond donors (Lipinski definition) is 2. The number of imide groups is 1. The van der Waals surface area contributed by atoms with E-state index < -0.39 is 6.03 Å². The first-order valence-electron chi connectivity index (χ1n) is 9.69. The zero-order valence-corrected chi connectivity index (χ0v) is 15.8. The van der Waals surface area contributed by atoms with E-state index in [9.17, 15) is 14.4 Å². The Morgan fingerprint density at radius 2 is 1.46 bits per heavy atom. The Labute approximate surface area is 163 Å². The summed E-state index contributed by atoms with van der Waals surface area (Å²) in [4.78, 5) is 39.2. The van der Waals surface area contributed by atoms with E-state index in [2.05, 4.69) is 10.6 Å². The molecule has 2 aromatic carbocycles. The second kappa shape index (κ2) is 7.46. The zero-order valence-electron chi connectivity index (χ0n) is 15.8. The van der Waals surface area contributed by atoms with Crippen molar-refractivity contribution in [3.63, 3.8) is 0 Å². The van der Waals surface area contributed by atoms with Crippen molar-refractivity contribution in [2.45, 2.75) is 45.1 Å². The summed E-state index contributed by atoms with van der Waals surface area (Å²) in [5, 5.41) is 5.49. The van der Waals surface area contributed by atoms with E-state index in [-0.39, 0.29) is 17.9 Å². The maximum absolute atomic E-state index is 12.8. The lowest BCUT2D eigenvalue weighted by molar-refractivity contribution is 0.0549. The number of nitrogens with zero attached hydrogens (tertiary/aromatic N) is 1. The summed E-state index contributed by atoms with van der Waals surface area (Å²) in [6.07, 6.45) is 4.99. The molecule has 0 spiro atoms. The largest absolute Gasteiger partial charge is 0.323 e. The standard InChI is InChI=1S/C22H23N3O3/c1-14-7-9-15(10-8-14)23-22(28)24-16-11-12-18-19(13-16)21(27)25(20(18)26)17-5-3-2-4-6-17/h7-13,17H,2-6H2,1H3,(H2,23,24,28). The molecule has 6 nitrogen and oxygen atoms in total. The maximum atomic E-state index is 12.8. The Kier molecular flexibility index (Phi) is 4.86. The predicted octanol–water partition coefficient (Wildman–Crippen LogP) is 4.57. The minimum atomic E-state index is -0.398. The molecule has 1 fully saturated rings. The van der Waals surface area contributed by atoms with Crippen LogP contribution in [-0.4, -0.2) is 28.8 Å². The van der Waals surface area contributed by atoms with Crippen molar-refractivity contribution >= 4 is 29.2 Å². The van der Waals surface area contributed by atoms with E-state index in [0.717, 1.165) is 37.7 Å². The van der Waals surface area contributed by atoms with Crippen LogP contribution in [0.5, 0.6) is 0 Å². The van der Waals surface area contributed by atoms with Crippen LogP contribution in [0.1, 0.15) is 58.4 Å². The van der Waals surface area contributed by atoms with Gasteiger partial charge in [-0.05, 0) is 50.1 Å². The summed E-state index contributed by atoms with van der Waals surface area (Å²) < 4.78 is 0. The molecule has 0 radical (unpaired) electrons. The number of benzene rings is 2. The summed E-state index contributed by atoms with van der Waals surface area (Å²) in [6.45, 7) is 1.98. The van der Waals surface area contributed by atoms with Crippen LogP contribution in [0, 0.1) is 6.92 Å². The van der Waals surface area contributed by atoms with E-state index in [1.807, 2.05) is 31.2 Å². The molecule has 6 heteroatoms. The first kappa shape index (κ1) is 18.2. The molecule has 4 rings (SSSR count). The molecular formula is C22H23N3O3. The minimum Gasteiger partial charge on any atom is -0.308 e. The topological polar surface area (TPSA) is 78.5 Å². The zero-order chi connectivity index (χ0) is 19.7. The number of hydrogen-bond acceptors (Lipinski definition) is 3. The molecule has 0 atom stereocenters. The third-order valence-electron chi connectivity index (χ3n) is 5.43. The normalized spacial score (nSPS) is 16.8. The SMILES string of the molecule is Cc1ccc(NC(=O)Nc2ccc3c(c2)C(=O)N(C2CCCCC2)C3=O)cc1. The van der Waals surface area contributed by atoms with Crippen LogP contribution in [0.25, 0.3) is 0 Å². The van der Waals surface area contributed by atoms with Crippen molar-refractivity contribution in [3.8, 4) is 0 Å². The van der Waals surface area contributed by atoms with Gasteiger partial charge in [0.1, 0.15) is 0 Å². The molecule has 144 valence electrons. The van der Waals surface area contributed by atoms with Crippen LogP contribution in [0.15, 0.2) is 42.5 Å². The summed E-state index contributed by atoms with van der Waals surface area (Å²) in [5.74, 6) is -0.475. The van der Waals surface area contributed by atoms with Gasteiger partial charge in [-0.2, -0.15) is 0 Å². The number of anilines is 2. The number of carbonyl (C=O) groups is 3. The Morgan fingerprint density at radius 3 is 2.18 bits per heavy atom. The molecule has 0 bridgehead atoms. The van der Waals surface area contributed by atoms with Crippen LogP contribution in [0.4, 0.5) is 16.2 Å². The molecule has 1 aliphatic carbocycles.